The lowest BCUT2D eigenvalue weighted by Gasteiger charge is -2.32. The molecule has 0 spiro atoms. The third-order valence-corrected chi connectivity index (χ3v) is 3.37. The molecule has 1 heterocycles. The molecule has 19 heavy (non-hydrogen) atoms. The Morgan fingerprint density at radius 1 is 1.37 bits per heavy atom. The van der Waals surface area contributed by atoms with Crippen LogP contribution >= 0.6 is 0 Å². The second kappa shape index (κ2) is 7.14. The number of ether oxygens (including phenoxy) is 1. The van der Waals surface area contributed by atoms with E-state index in [9.17, 15) is 4.79 Å². The van der Waals surface area contributed by atoms with Crippen molar-refractivity contribution in [3.8, 4) is 5.75 Å². The summed E-state index contributed by atoms with van der Waals surface area (Å²) >= 11 is 0. The maximum Gasteiger partial charge on any atom is 0.239 e. The molecular weight excluding hydrogens is 240 g/mol. The van der Waals surface area contributed by atoms with Crippen LogP contribution < -0.4 is 10.1 Å². The van der Waals surface area contributed by atoms with Gasteiger partial charge in [0.1, 0.15) is 5.75 Å². The highest BCUT2D eigenvalue weighted by atomic mass is 16.5. The van der Waals surface area contributed by atoms with Crippen molar-refractivity contribution < 1.29 is 9.53 Å². The van der Waals surface area contributed by atoms with Gasteiger partial charge >= 0.3 is 0 Å². The van der Waals surface area contributed by atoms with E-state index in [-0.39, 0.29) is 11.9 Å². The van der Waals surface area contributed by atoms with Crippen molar-refractivity contribution in [1.29, 1.82) is 0 Å². The van der Waals surface area contributed by atoms with Crippen LogP contribution in [0.1, 0.15) is 19.8 Å². The van der Waals surface area contributed by atoms with Gasteiger partial charge in [-0.3, -0.25) is 4.79 Å². The van der Waals surface area contributed by atoms with Crippen LogP contribution in [0, 0.1) is 0 Å². The maximum atomic E-state index is 12.0. The quantitative estimate of drug-likeness (QED) is 0.793. The van der Waals surface area contributed by atoms with Crippen molar-refractivity contribution >= 4 is 5.91 Å². The third kappa shape index (κ3) is 3.96. The molecule has 104 valence electrons. The summed E-state index contributed by atoms with van der Waals surface area (Å²) in [6.07, 6.45) is 1.73. The Bertz CT molecular complexity index is 394. The largest absolute Gasteiger partial charge is 0.494 e. The van der Waals surface area contributed by atoms with Gasteiger partial charge in [0, 0.05) is 19.6 Å². The standard InChI is InChI=1S/C15H22N2O2/c1-2-14-15(18)17(11-9-16-14)10-6-12-19-13-7-4-3-5-8-13/h3-5,7-8,14,16H,2,6,9-12H2,1H3. The summed E-state index contributed by atoms with van der Waals surface area (Å²) in [4.78, 5) is 14.0. The first kappa shape index (κ1) is 13.9. The molecule has 1 fully saturated rings. The number of benzene rings is 1. The van der Waals surface area contributed by atoms with Crippen LogP contribution in [0.2, 0.25) is 0 Å². The molecule has 1 aliphatic rings. The molecular formula is C15H22N2O2. The van der Waals surface area contributed by atoms with Gasteiger partial charge in [0.05, 0.1) is 12.6 Å². The third-order valence-electron chi connectivity index (χ3n) is 3.37. The van der Waals surface area contributed by atoms with Gasteiger partial charge in [0.25, 0.3) is 0 Å². The zero-order chi connectivity index (χ0) is 13.5. The Morgan fingerprint density at radius 3 is 2.89 bits per heavy atom. The van der Waals surface area contributed by atoms with Crippen molar-refractivity contribution in [2.24, 2.45) is 0 Å². The lowest BCUT2D eigenvalue weighted by molar-refractivity contribution is -0.135. The van der Waals surface area contributed by atoms with Gasteiger partial charge in [-0.2, -0.15) is 0 Å². The second-order valence-corrected chi connectivity index (χ2v) is 4.76. The minimum atomic E-state index is 0.00351. The highest BCUT2D eigenvalue weighted by molar-refractivity contribution is 5.82. The van der Waals surface area contributed by atoms with E-state index in [1.807, 2.05) is 42.2 Å². The van der Waals surface area contributed by atoms with Gasteiger partial charge in [-0.05, 0) is 25.0 Å². The number of para-hydroxylation sites is 1. The molecule has 0 aliphatic carbocycles. The molecule has 4 heteroatoms. The number of carbonyl (C=O) groups is 1. The number of carbonyl (C=O) groups excluding carboxylic acids is 1. The number of amides is 1. The fraction of sp³-hybridized carbons (Fsp3) is 0.533. The molecule has 1 aromatic carbocycles. The molecule has 0 saturated carbocycles. The number of piperazine rings is 1. The first-order valence-corrected chi connectivity index (χ1v) is 7.01. The Labute approximate surface area is 114 Å². The Kier molecular flexibility index (Phi) is 5.21. The normalized spacial score (nSPS) is 19.5. The maximum absolute atomic E-state index is 12.0. The van der Waals surface area contributed by atoms with E-state index in [2.05, 4.69) is 5.32 Å². The minimum absolute atomic E-state index is 0.00351. The molecule has 0 aromatic heterocycles. The van der Waals surface area contributed by atoms with Crippen LogP contribution in [0.15, 0.2) is 30.3 Å². The van der Waals surface area contributed by atoms with Gasteiger partial charge in [-0.15, -0.1) is 0 Å². The van der Waals surface area contributed by atoms with Crippen molar-refractivity contribution in [2.45, 2.75) is 25.8 Å². The van der Waals surface area contributed by atoms with Crippen LogP contribution in [0.5, 0.6) is 5.75 Å². The van der Waals surface area contributed by atoms with Crippen LogP contribution in [0.25, 0.3) is 0 Å². The summed E-state index contributed by atoms with van der Waals surface area (Å²) in [7, 11) is 0. The van der Waals surface area contributed by atoms with Gasteiger partial charge in [0.2, 0.25) is 5.91 Å². The minimum Gasteiger partial charge on any atom is -0.494 e. The molecule has 1 atom stereocenters. The van der Waals surface area contributed by atoms with Crippen molar-refractivity contribution in [3.63, 3.8) is 0 Å². The van der Waals surface area contributed by atoms with Gasteiger partial charge in [-0.1, -0.05) is 25.1 Å². The number of hydrogen-bond donors (Lipinski definition) is 1. The monoisotopic (exact) mass is 262 g/mol. The molecule has 1 saturated heterocycles. The predicted molar refractivity (Wildman–Crippen MR) is 75.2 cm³/mol. The van der Waals surface area contributed by atoms with Crippen molar-refractivity contribution in [3.05, 3.63) is 30.3 Å². The lowest BCUT2D eigenvalue weighted by atomic mass is 10.1. The molecule has 1 aliphatic heterocycles. The van der Waals surface area contributed by atoms with Gasteiger partial charge in [0.15, 0.2) is 0 Å². The molecule has 1 N–H and O–H groups in total. The topological polar surface area (TPSA) is 41.6 Å². The summed E-state index contributed by atoms with van der Waals surface area (Å²) in [5, 5.41) is 3.24. The summed E-state index contributed by atoms with van der Waals surface area (Å²) in [6.45, 7) is 5.17. The van der Waals surface area contributed by atoms with Crippen LogP contribution in [-0.2, 0) is 4.79 Å². The van der Waals surface area contributed by atoms with Crippen molar-refractivity contribution in [2.75, 3.05) is 26.2 Å². The average molecular weight is 262 g/mol. The number of nitrogens with zero attached hydrogens (tertiary/aromatic N) is 1. The van der Waals surface area contributed by atoms with E-state index in [0.717, 1.165) is 38.2 Å². The number of rotatable bonds is 6. The molecule has 2 rings (SSSR count). The lowest BCUT2D eigenvalue weighted by Crippen LogP contribution is -2.54. The average Bonchev–Trinajstić information content (AvgIpc) is 2.46. The fourth-order valence-electron chi connectivity index (χ4n) is 2.29. The van der Waals surface area contributed by atoms with Gasteiger partial charge < -0.3 is 15.0 Å². The molecule has 0 radical (unpaired) electrons. The highest BCUT2D eigenvalue weighted by Gasteiger charge is 2.25. The molecule has 4 nitrogen and oxygen atoms in total. The van der Waals surface area contributed by atoms with E-state index in [1.165, 1.54) is 0 Å². The van der Waals surface area contributed by atoms with E-state index in [0.29, 0.717) is 6.61 Å². The Balaban J connectivity index is 1.69. The first-order chi connectivity index (χ1) is 9.31. The number of nitrogens with one attached hydrogen (secondary N) is 1. The van der Waals surface area contributed by atoms with E-state index in [4.69, 9.17) is 4.74 Å². The van der Waals surface area contributed by atoms with Crippen molar-refractivity contribution in [1.82, 2.24) is 10.2 Å². The van der Waals surface area contributed by atoms with Crippen LogP contribution in [0.4, 0.5) is 0 Å². The number of hydrogen-bond acceptors (Lipinski definition) is 3. The summed E-state index contributed by atoms with van der Waals surface area (Å²) in [5.74, 6) is 1.12. The molecule has 1 amide bonds. The second-order valence-electron chi connectivity index (χ2n) is 4.76. The zero-order valence-corrected chi connectivity index (χ0v) is 11.5. The predicted octanol–water partition coefficient (Wildman–Crippen LogP) is 1.67. The summed E-state index contributed by atoms with van der Waals surface area (Å²) in [5.41, 5.74) is 0. The molecule has 1 unspecified atom stereocenters. The summed E-state index contributed by atoms with van der Waals surface area (Å²) < 4.78 is 5.63. The first-order valence-electron chi connectivity index (χ1n) is 7.01. The van der Waals surface area contributed by atoms with E-state index >= 15 is 0 Å². The van der Waals surface area contributed by atoms with Crippen LogP contribution in [0.3, 0.4) is 0 Å². The Morgan fingerprint density at radius 2 is 2.16 bits per heavy atom. The van der Waals surface area contributed by atoms with Crippen LogP contribution in [-0.4, -0.2) is 43.1 Å². The summed E-state index contributed by atoms with van der Waals surface area (Å²) in [6, 6.07) is 9.79. The fourth-order valence-corrected chi connectivity index (χ4v) is 2.29. The Hall–Kier alpha value is -1.55. The zero-order valence-electron chi connectivity index (χ0n) is 11.5. The SMILES string of the molecule is CCC1NCCN(CCCOc2ccccc2)C1=O. The highest BCUT2D eigenvalue weighted by Crippen LogP contribution is 2.09. The van der Waals surface area contributed by atoms with E-state index in [1.54, 1.807) is 0 Å². The molecule has 1 aromatic rings. The molecule has 0 bridgehead atoms. The smallest absolute Gasteiger partial charge is 0.239 e. The van der Waals surface area contributed by atoms with Gasteiger partial charge in [-0.25, -0.2) is 0 Å². The van der Waals surface area contributed by atoms with E-state index < -0.39 is 0 Å².